The quantitative estimate of drug-likeness (QED) is 0.819. The number of hydrogen-bond acceptors (Lipinski definition) is 4. The summed E-state index contributed by atoms with van der Waals surface area (Å²) >= 11 is 0. The Morgan fingerprint density at radius 2 is 2.18 bits per heavy atom. The number of nitrogens with one attached hydrogen (secondary N) is 2. The van der Waals surface area contributed by atoms with Crippen molar-refractivity contribution in [1.82, 2.24) is 10.3 Å². The maximum absolute atomic E-state index is 11.7. The average molecular weight is 232 g/mol. The molecule has 1 rings (SSSR count). The molecule has 0 fully saturated rings. The van der Waals surface area contributed by atoms with Gasteiger partial charge in [0.15, 0.2) is 0 Å². The molecule has 0 spiro atoms. The van der Waals surface area contributed by atoms with Crippen molar-refractivity contribution in [3.63, 3.8) is 0 Å². The summed E-state index contributed by atoms with van der Waals surface area (Å²) in [6.07, 6.45) is 1.58. The third kappa shape index (κ3) is 3.76. The predicted octanol–water partition coefficient (Wildman–Crippen LogP) is 1.28. The molecule has 0 radical (unpaired) electrons. The molecule has 0 saturated carbocycles. The zero-order valence-corrected chi connectivity index (χ0v) is 10.2. The van der Waals surface area contributed by atoms with Crippen molar-refractivity contribution >= 4 is 11.7 Å². The second kappa shape index (κ2) is 5.85. The molecule has 1 unspecified atom stereocenters. The maximum Gasteiger partial charge on any atom is 0.242 e. The van der Waals surface area contributed by atoms with Crippen LogP contribution >= 0.6 is 0 Å². The molecule has 0 saturated heterocycles. The minimum atomic E-state index is -0.431. The van der Waals surface area contributed by atoms with Gasteiger partial charge in [0.05, 0.1) is 5.56 Å². The second-order valence-electron chi connectivity index (χ2n) is 4.04. The van der Waals surface area contributed by atoms with Crippen molar-refractivity contribution in [2.45, 2.75) is 32.9 Å². The number of pyridine rings is 1. The van der Waals surface area contributed by atoms with E-state index in [0.717, 1.165) is 0 Å². The number of anilines is 1. The van der Waals surface area contributed by atoms with Crippen LogP contribution < -0.4 is 10.6 Å². The number of rotatable bonds is 4. The Morgan fingerprint density at radius 1 is 1.47 bits per heavy atom. The fraction of sp³-hybridized carbons (Fsp3) is 0.417. The summed E-state index contributed by atoms with van der Waals surface area (Å²) in [7, 11) is 0. The van der Waals surface area contributed by atoms with Crippen LogP contribution in [-0.2, 0) is 4.79 Å². The molecule has 0 aromatic carbocycles. The van der Waals surface area contributed by atoms with Gasteiger partial charge in [-0.05, 0) is 32.9 Å². The normalized spacial score (nSPS) is 11.7. The second-order valence-corrected chi connectivity index (χ2v) is 4.04. The molecule has 1 amide bonds. The molecule has 1 heterocycles. The molecule has 17 heavy (non-hydrogen) atoms. The average Bonchev–Trinajstić information content (AvgIpc) is 2.28. The highest BCUT2D eigenvalue weighted by atomic mass is 16.2. The van der Waals surface area contributed by atoms with Gasteiger partial charge in [-0.2, -0.15) is 5.26 Å². The Morgan fingerprint density at radius 3 is 2.76 bits per heavy atom. The van der Waals surface area contributed by atoms with Crippen LogP contribution in [0.3, 0.4) is 0 Å². The Balaban J connectivity index is 2.71. The van der Waals surface area contributed by atoms with E-state index in [1.54, 1.807) is 25.3 Å². The van der Waals surface area contributed by atoms with E-state index in [-0.39, 0.29) is 11.9 Å². The number of carbonyl (C=O) groups is 1. The van der Waals surface area contributed by atoms with Crippen LogP contribution in [0.2, 0.25) is 0 Å². The van der Waals surface area contributed by atoms with Gasteiger partial charge in [-0.25, -0.2) is 4.98 Å². The standard InChI is InChI=1S/C12H16N4O/c1-8(2)15-12(17)9(3)16-11-10(7-13)5-4-6-14-11/h4-6,8-9H,1-3H3,(H,14,16)(H,15,17). The van der Waals surface area contributed by atoms with Crippen molar-refractivity contribution in [1.29, 1.82) is 5.26 Å². The van der Waals surface area contributed by atoms with E-state index >= 15 is 0 Å². The fourth-order valence-corrected chi connectivity index (χ4v) is 1.29. The first-order valence-electron chi connectivity index (χ1n) is 5.46. The smallest absolute Gasteiger partial charge is 0.242 e. The van der Waals surface area contributed by atoms with Gasteiger partial charge < -0.3 is 10.6 Å². The number of nitriles is 1. The van der Waals surface area contributed by atoms with Crippen LogP contribution in [-0.4, -0.2) is 23.0 Å². The lowest BCUT2D eigenvalue weighted by atomic mass is 10.2. The topological polar surface area (TPSA) is 77.8 Å². The van der Waals surface area contributed by atoms with Crippen LogP contribution in [0.5, 0.6) is 0 Å². The number of carbonyl (C=O) groups excluding carboxylic acids is 1. The molecule has 1 aromatic heterocycles. The van der Waals surface area contributed by atoms with Gasteiger partial charge in [-0.1, -0.05) is 0 Å². The lowest BCUT2D eigenvalue weighted by molar-refractivity contribution is -0.122. The first-order valence-corrected chi connectivity index (χ1v) is 5.46. The van der Waals surface area contributed by atoms with Crippen LogP contribution in [0, 0.1) is 11.3 Å². The maximum atomic E-state index is 11.7. The van der Waals surface area contributed by atoms with Gasteiger partial charge in [0.1, 0.15) is 17.9 Å². The molecule has 1 aromatic rings. The van der Waals surface area contributed by atoms with E-state index in [2.05, 4.69) is 15.6 Å². The summed E-state index contributed by atoms with van der Waals surface area (Å²) in [5.74, 6) is 0.316. The first-order chi connectivity index (χ1) is 8.04. The van der Waals surface area contributed by atoms with Gasteiger partial charge >= 0.3 is 0 Å². The van der Waals surface area contributed by atoms with Crippen molar-refractivity contribution in [2.75, 3.05) is 5.32 Å². The third-order valence-corrected chi connectivity index (χ3v) is 2.11. The van der Waals surface area contributed by atoms with Gasteiger partial charge in [-0.15, -0.1) is 0 Å². The molecule has 0 bridgehead atoms. The highest BCUT2D eigenvalue weighted by Crippen LogP contribution is 2.10. The summed E-state index contributed by atoms with van der Waals surface area (Å²) < 4.78 is 0. The minimum absolute atomic E-state index is 0.0888. The van der Waals surface area contributed by atoms with Crippen molar-refractivity contribution < 1.29 is 4.79 Å². The molecule has 0 aliphatic heterocycles. The largest absolute Gasteiger partial charge is 0.358 e. The number of aromatic nitrogens is 1. The van der Waals surface area contributed by atoms with Crippen LogP contribution in [0.15, 0.2) is 18.3 Å². The third-order valence-electron chi connectivity index (χ3n) is 2.11. The number of amides is 1. The highest BCUT2D eigenvalue weighted by molar-refractivity contribution is 5.84. The molecule has 90 valence electrons. The Hall–Kier alpha value is -2.09. The Bertz CT molecular complexity index is 436. The van der Waals surface area contributed by atoms with E-state index < -0.39 is 6.04 Å². The SMILES string of the molecule is CC(C)NC(=O)C(C)Nc1ncccc1C#N. The first kappa shape index (κ1) is 13.0. The molecular formula is C12H16N4O. The lowest BCUT2D eigenvalue weighted by Crippen LogP contribution is -2.41. The summed E-state index contributed by atoms with van der Waals surface area (Å²) in [5.41, 5.74) is 0.427. The molecule has 2 N–H and O–H groups in total. The van der Waals surface area contributed by atoms with E-state index in [4.69, 9.17) is 5.26 Å². The summed E-state index contributed by atoms with van der Waals surface area (Å²) in [5, 5.41) is 14.6. The number of hydrogen-bond donors (Lipinski definition) is 2. The van der Waals surface area contributed by atoms with Gasteiger partial charge in [0.25, 0.3) is 0 Å². The van der Waals surface area contributed by atoms with Crippen LogP contribution in [0.1, 0.15) is 26.3 Å². The van der Waals surface area contributed by atoms with E-state index in [1.165, 1.54) is 0 Å². The van der Waals surface area contributed by atoms with E-state index in [9.17, 15) is 4.79 Å². The molecule has 1 atom stereocenters. The molecule has 5 nitrogen and oxygen atoms in total. The summed E-state index contributed by atoms with van der Waals surface area (Å²) in [6, 6.07) is 5.02. The molecule has 0 aliphatic rings. The van der Waals surface area contributed by atoms with Gasteiger partial charge in [-0.3, -0.25) is 4.79 Å². The fourth-order valence-electron chi connectivity index (χ4n) is 1.29. The zero-order chi connectivity index (χ0) is 12.8. The van der Waals surface area contributed by atoms with Crippen LogP contribution in [0.4, 0.5) is 5.82 Å². The van der Waals surface area contributed by atoms with Crippen molar-refractivity contribution in [2.24, 2.45) is 0 Å². The lowest BCUT2D eigenvalue weighted by Gasteiger charge is -2.16. The highest BCUT2D eigenvalue weighted by Gasteiger charge is 2.15. The predicted molar refractivity (Wildman–Crippen MR) is 65.3 cm³/mol. The van der Waals surface area contributed by atoms with Crippen molar-refractivity contribution in [3.05, 3.63) is 23.9 Å². The summed E-state index contributed by atoms with van der Waals surface area (Å²) in [4.78, 5) is 15.7. The van der Waals surface area contributed by atoms with E-state index in [1.807, 2.05) is 19.9 Å². The van der Waals surface area contributed by atoms with Crippen molar-refractivity contribution in [3.8, 4) is 6.07 Å². The van der Waals surface area contributed by atoms with Crippen LogP contribution in [0.25, 0.3) is 0 Å². The molecular weight excluding hydrogens is 216 g/mol. The Kier molecular flexibility index (Phi) is 4.46. The molecule has 0 aliphatic carbocycles. The van der Waals surface area contributed by atoms with Gasteiger partial charge in [0.2, 0.25) is 5.91 Å². The minimum Gasteiger partial charge on any atom is -0.358 e. The monoisotopic (exact) mass is 232 g/mol. The van der Waals surface area contributed by atoms with Gasteiger partial charge in [0, 0.05) is 12.2 Å². The molecule has 5 heteroatoms. The number of nitrogens with zero attached hydrogens (tertiary/aromatic N) is 2. The summed E-state index contributed by atoms with van der Waals surface area (Å²) in [6.45, 7) is 5.52. The van der Waals surface area contributed by atoms with E-state index in [0.29, 0.717) is 11.4 Å². The zero-order valence-electron chi connectivity index (χ0n) is 10.2. The Labute approximate surface area is 101 Å².